The van der Waals surface area contributed by atoms with Crippen molar-refractivity contribution in [3.05, 3.63) is 126 Å². The molecule has 0 aliphatic rings. The van der Waals surface area contributed by atoms with Crippen LogP contribution < -0.4 is 10.6 Å². The van der Waals surface area contributed by atoms with Crippen LogP contribution in [0.2, 0.25) is 0 Å². The van der Waals surface area contributed by atoms with Gasteiger partial charge in [-0.3, -0.25) is 0 Å². The molecule has 33 heavy (non-hydrogen) atoms. The van der Waals surface area contributed by atoms with E-state index in [1.165, 1.54) is 10.6 Å². The van der Waals surface area contributed by atoms with Gasteiger partial charge in [-0.15, -0.1) is 0 Å². The Morgan fingerprint density at radius 2 is 0.848 bits per heavy atom. The molecule has 0 bridgehead atoms. The van der Waals surface area contributed by atoms with Crippen LogP contribution in [0, 0.1) is 0 Å². The Morgan fingerprint density at radius 3 is 1.15 bits per heavy atom. The van der Waals surface area contributed by atoms with Crippen LogP contribution in [0.3, 0.4) is 0 Å². The highest BCUT2D eigenvalue weighted by molar-refractivity contribution is 7.55. The molecule has 4 aromatic carbocycles. The number of phenols is 1. The number of phenolic OH excluding ortho intramolecular Hbond substituents is 1. The third-order valence-electron chi connectivity index (χ3n) is 4.01. The zero-order chi connectivity index (χ0) is 23.2. The molecule has 0 aliphatic heterocycles. The first-order valence-corrected chi connectivity index (χ1v) is 10.9. The van der Waals surface area contributed by atoms with Crippen LogP contribution in [0.5, 0.6) is 5.75 Å². The van der Waals surface area contributed by atoms with Crippen molar-refractivity contribution in [2.24, 2.45) is 0 Å². The molecular weight excluding hydrogens is 435 g/mol. The fourth-order valence-electron chi connectivity index (χ4n) is 2.53. The molecule has 0 aromatic heterocycles. The molecule has 0 fully saturated rings. The van der Waals surface area contributed by atoms with Gasteiger partial charge in [-0.1, -0.05) is 80.2 Å². The number of hydrogen-bond donors (Lipinski definition) is 3. The second kappa shape index (κ2) is 15.0. The van der Waals surface area contributed by atoms with Crippen molar-refractivity contribution in [3.8, 4) is 5.75 Å². The van der Waals surface area contributed by atoms with E-state index < -0.39 is 11.9 Å². The molecule has 0 aliphatic carbocycles. The lowest BCUT2D eigenvalue weighted by atomic mass is 10.1. The molecule has 4 aromatic rings. The molecule has 0 saturated carbocycles. The van der Waals surface area contributed by atoms with Gasteiger partial charge >= 0.3 is 11.9 Å². The first-order valence-electron chi connectivity index (χ1n) is 9.71. The van der Waals surface area contributed by atoms with Gasteiger partial charge in [-0.2, -0.15) is 0 Å². The topological polar surface area (TPSA) is 94.8 Å². The van der Waals surface area contributed by atoms with Gasteiger partial charge in [0.05, 0.1) is 30.3 Å². The fraction of sp³-hybridized carbons (Fsp3) is 0.0370. The molecule has 0 heterocycles. The van der Waals surface area contributed by atoms with Gasteiger partial charge in [0.25, 0.3) is 0 Å². The van der Waals surface area contributed by atoms with Crippen LogP contribution in [-0.4, -0.2) is 27.3 Å². The van der Waals surface area contributed by atoms with Crippen molar-refractivity contribution in [2.75, 3.05) is 0 Å². The molecule has 0 radical (unpaired) electrons. The lowest BCUT2D eigenvalue weighted by Gasteiger charge is -1.98. The quantitative estimate of drug-likeness (QED) is 0.364. The number of carboxylic acid groups (broad SMARTS) is 2. The van der Waals surface area contributed by atoms with Gasteiger partial charge in [0, 0.05) is 0 Å². The van der Waals surface area contributed by atoms with Crippen LogP contribution in [0.25, 0.3) is 0 Å². The summed E-state index contributed by atoms with van der Waals surface area (Å²) >= 11 is 0. The van der Waals surface area contributed by atoms with Crippen molar-refractivity contribution in [1.82, 2.24) is 0 Å². The average Bonchev–Trinajstić information content (AvgIpc) is 2.82. The zero-order valence-electron chi connectivity index (χ0n) is 17.2. The van der Waals surface area contributed by atoms with Gasteiger partial charge in [0.15, 0.2) is 0 Å². The SMILES string of the molecule is C.O=C(O)c1cc(O)cc(C(=O)O)c1.c1ccc([PH2+]c2ccccc2)cc1.c1ccccc1. The molecule has 0 amide bonds. The molecule has 0 spiro atoms. The van der Waals surface area contributed by atoms with Gasteiger partial charge in [0.1, 0.15) is 5.75 Å². The number of rotatable bonds is 4. The summed E-state index contributed by atoms with van der Waals surface area (Å²) in [4.78, 5) is 20.8. The Labute approximate surface area is 195 Å². The van der Waals surface area contributed by atoms with E-state index in [0.717, 1.165) is 18.2 Å². The van der Waals surface area contributed by atoms with Crippen LogP contribution in [-0.2, 0) is 0 Å². The van der Waals surface area contributed by atoms with Crippen LogP contribution in [0.15, 0.2) is 115 Å². The van der Waals surface area contributed by atoms with Gasteiger partial charge in [0.2, 0.25) is 0 Å². The van der Waals surface area contributed by atoms with Crippen molar-refractivity contribution in [1.29, 1.82) is 0 Å². The minimum atomic E-state index is -1.28. The molecule has 3 N–H and O–H groups in total. The molecule has 6 heteroatoms. The minimum Gasteiger partial charge on any atom is -0.508 e. The molecule has 0 saturated heterocycles. The smallest absolute Gasteiger partial charge is 0.335 e. The normalized spacial score (nSPS) is 9.09. The summed E-state index contributed by atoms with van der Waals surface area (Å²) in [6.45, 7) is 0. The Kier molecular flexibility index (Phi) is 12.3. The predicted molar refractivity (Wildman–Crippen MR) is 137 cm³/mol. The van der Waals surface area contributed by atoms with Gasteiger partial charge < -0.3 is 15.3 Å². The lowest BCUT2D eigenvalue weighted by molar-refractivity contribution is 0.0696. The van der Waals surface area contributed by atoms with E-state index >= 15 is 0 Å². The summed E-state index contributed by atoms with van der Waals surface area (Å²) < 4.78 is 0. The minimum absolute atomic E-state index is 0. The molecule has 4 rings (SSSR count). The molecular formula is C27H28O5P+. The summed E-state index contributed by atoms with van der Waals surface area (Å²) in [5.41, 5.74) is -0.505. The van der Waals surface area contributed by atoms with Crippen molar-refractivity contribution in [2.45, 2.75) is 7.43 Å². The Bertz CT molecular complexity index is 1000. The first-order chi connectivity index (χ1) is 15.5. The summed E-state index contributed by atoms with van der Waals surface area (Å²) in [5, 5.41) is 28.9. The maximum absolute atomic E-state index is 10.4. The maximum Gasteiger partial charge on any atom is 0.335 e. The van der Waals surface area contributed by atoms with E-state index in [4.69, 9.17) is 15.3 Å². The maximum atomic E-state index is 10.4. The summed E-state index contributed by atoms with van der Waals surface area (Å²) in [7, 11) is 0.271. The number of benzene rings is 4. The van der Waals surface area contributed by atoms with Crippen molar-refractivity contribution < 1.29 is 24.9 Å². The Hall–Kier alpha value is -3.95. The molecule has 170 valence electrons. The summed E-state index contributed by atoms with van der Waals surface area (Å²) in [6.07, 6.45) is 0. The number of carbonyl (C=O) groups is 2. The molecule has 0 atom stereocenters. The highest BCUT2D eigenvalue weighted by Gasteiger charge is 2.10. The average molecular weight is 463 g/mol. The highest BCUT2D eigenvalue weighted by Crippen LogP contribution is 2.15. The van der Waals surface area contributed by atoms with Crippen LogP contribution >= 0.6 is 8.58 Å². The molecule has 0 unspecified atom stereocenters. The Balaban J connectivity index is 0.000000259. The molecule has 5 nitrogen and oxygen atoms in total. The van der Waals surface area contributed by atoms with Crippen molar-refractivity contribution >= 4 is 31.1 Å². The lowest BCUT2D eigenvalue weighted by Crippen LogP contribution is -2.01. The van der Waals surface area contributed by atoms with Crippen LogP contribution in [0.1, 0.15) is 28.1 Å². The summed E-state index contributed by atoms with van der Waals surface area (Å²) in [6, 6.07) is 36.3. The van der Waals surface area contributed by atoms with E-state index in [2.05, 4.69) is 60.7 Å². The number of carboxylic acids is 2. The second-order valence-corrected chi connectivity index (χ2v) is 8.12. The second-order valence-electron chi connectivity index (χ2n) is 6.50. The van der Waals surface area contributed by atoms with E-state index in [9.17, 15) is 9.59 Å². The van der Waals surface area contributed by atoms with E-state index in [1.807, 2.05) is 36.4 Å². The monoisotopic (exact) mass is 463 g/mol. The summed E-state index contributed by atoms with van der Waals surface area (Å²) in [5.74, 6) is -2.94. The van der Waals surface area contributed by atoms with E-state index in [-0.39, 0.29) is 32.9 Å². The van der Waals surface area contributed by atoms with E-state index in [0.29, 0.717) is 0 Å². The number of aromatic carboxylic acids is 2. The van der Waals surface area contributed by atoms with E-state index in [1.54, 1.807) is 0 Å². The number of hydrogen-bond acceptors (Lipinski definition) is 3. The predicted octanol–water partition coefficient (Wildman–Crippen LogP) is 5.16. The highest BCUT2D eigenvalue weighted by atomic mass is 31.1. The number of aromatic hydroxyl groups is 1. The first kappa shape index (κ1) is 27.1. The van der Waals surface area contributed by atoms with Crippen molar-refractivity contribution in [3.63, 3.8) is 0 Å². The van der Waals surface area contributed by atoms with Crippen LogP contribution in [0.4, 0.5) is 0 Å². The third kappa shape index (κ3) is 10.8. The van der Waals surface area contributed by atoms with Gasteiger partial charge in [-0.05, 0) is 42.5 Å². The standard InChI is InChI=1S/C12H11P.C8H6O5.C6H6.CH4/c1-3-7-11(8-4-1)13-12-9-5-2-6-10-12;9-6-2-4(7(10)11)1-5(3-6)8(12)13;1-2-4-6-5-3-1;/h1-10,13H;1-3,9H,(H,10,11)(H,12,13);1-6H;1H4/p+1. The zero-order valence-corrected chi connectivity index (χ0v) is 18.4. The fourth-order valence-corrected chi connectivity index (χ4v) is 3.75. The third-order valence-corrected chi connectivity index (χ3v) is 5.45. The van der Waals surface area contributed by atoms with Gasteiger partial charge in [-0.25, -0.2) is 9.59 Å². The Morgan fingerprint density at radius 1 is 0.545 bits per heavy atom. The largest absolute Gasteiger partial charge is 0.508 e.